The van der Waals surface area contributed by atoms with E-state index in [4.69, 9.17) is 4.74 Å². The van der Waals surface area contributed by atoms with Gasteiger partial charge in [-0.05, 0) is 80.5 Å². The molecule has 3 aliphatic rings. The molecule has 0 bridgehead atoms. The fourth-order valence-electron chi connectivity index (χ4n) is 4.79. The van der Waals surface area contributed by atoms with Gasteiger partial charge in [-0.2, -0.15) is 0 Å². The first-order valence-corrected chi connectivity index (χ1v) is 11.1. The van der Waals surface area contributed by atoms with Gasteiger partial charge in [0.05, 0.1) is 24.9 Å². The number of hydrogen-bond donors (Lipinski definition) is 2. The SMILES string of the molecule is Cc1cc(N[C@@H]2CCCN(C3COC3)C2)nnc1-c1ccc(C2=CCCC2)cc1O. The first kappa shape index (κ1) is 19.5. The molecule has 1 aromatic carbocycles. The number of benzene rings is 1. The second kappa shape index (κ2) is 8.36. The minimum Gasteiger partial charge on any atom is -0.507 e. The van der Waals surface area contributed by atoms with Gasteiger partial charge >= 0.3 is 0 Å². The van der Waals surface area contributed by atoms with E-state index in [1.165, 1.54) is 18.4 Å². The Kier molecular flexibility index (Phi) is 5.44. The number of phenolic OH excluding ortho intramolecular Hbond substituents is 1. The van der Waals surface area contributed by atoms with Crippen LogP contribution in [0.5, 0.6) is 5.75 Å². The standard InChI is InChI=1S/C24H30N4O2/c1-16-11-23(25-19-7-4-10-28(13-19)20-14-30-15-20)26-27-24(16)21-9-8-18(12-22(21)29)17-5-2-3-6-17/h5,8-9,11-12,19-20,29H,2-4,6-7,10,13-15H2,1H3,(H,25,26)/t19-/m1/s1. The van der Waals surface area contributed by atoms with Gasteiger partial charge in [0.2, 0.25) is 0 Å². The number of nitrogens with zero attached hydrogens (tertiary/aromatic N) is 3. The second-order valence-electron chi connectivity index (χ2n) is 8.78. The van der Waals surface area contributed by atoms with Crippen LogP contribution in [0.1, 0.15) is 43.2 Å². The van der Waals surface area contributed by atoms with Crippen molar-refractivity contribution in [3.8, 4) is 17.0 Å². The summed E-state index contributed by atoms with van der Waals surface area (Å²) < 4.78 is 5.35. The zero-order chi connectivity index (χ0) is 20.5. The Balaban J connectivity index is 1.30. The number of aromatic hydroxyl groups is 1. The topological polar surface area (TPSA) is 70.5 Å². The van der Waals surface area contributed by atoms with Gasteiger partial charge in [0, 0.05) is 18.2 Å². The molecule has 158 valence electrons. The maximum absolute atomic E-state index is 10.6. The minimum atomic E-state index is 0.268. The Hall–Kier alpha value is -2.44. The van der Waals surface area contributed by atoms with Crippen molar-refractivity contribution >= 4 is 11.4 Å². The fourth-order valence-corrected chi connectivity index (χ4v) is 4.79. The zero-order valence-electron chi connectivity index (χ0n) is 17.6. The summed E-state index contributed by atoms with van der Waals surface area (Å²) in [6.07, 6.45) is 8.02. The molecule has 0 radical (unpaired) electrons. The van der Waals surface area contributed by atoms with E-state index in [0.717, 1.165) is 73.8 Å². The summed E-state index contributed by atoms with van der Waals surface area (Å²) in [5, 5.41) is 23.1. The van der Waals surface area contributed by atoms with Crippen molar-refractivity contribution in [3.63, 3.8) is 0 Å². The van der Waals surface area contributed by atoms with E-state index in [1.54, 1.807) is 0 Å². The van der Waals surface area contributed by atoms with E-state index in [1.807, 2.05) is 25.1 Å². The van der Waals surface area contributed by atoms with Crippen molar-refractivity contribution in [2.75, 3.05) is 31.6 Å². The van der Waals surface area contributed by atoms with Gasteiger partial charge < -0.3 is 15.2 Å². The van der Waals surface area contributed by atoms with Crippen LogP contribution in [0.15, 0.2) is 30.3 Å². The molecular formula is C24H30N4O2. The van der Waals surface area contributed by atoms with E-state index in [0.29, 0.717) is 12.1 Å². The molecule has 6 heteroatoms. The Labute approximate surface area is 178 Å². The van der Waals surface area contributed by atoms with Crippen LogP contribution in [0, 0.1) is 6.92 Å². The second-order valence-corrected chi connectivity index (χ2v) is 8.78. The lowest BCUT2D eigenvalue weighted by Gasteiger charge is -2.42. The molecule has 1 aliphatic carbocycles. The zero-order valence-corrected chi connectivity index (χ0v) is 17.6. The lowest BCUT2D eigenvalue weighted by molar-refractivity contribution is -0.0710. The van der Waals surface area contributed by atoms with Gasteiger partial charge in [-0.25, -0.2) is 0 Å². The highest BCUT2D eigenvalue weighted by Gasteiger charge is 2.30. The molecule has 5 rings (SSSR count). The lowest BCUT2D eigenvalue weighted by atomic mass is 9.99. The van der Waals surface area contributed by atoms with Crippen LogP contribution < -0.4 is 5.32 Å². The minimum absolute atomic E-state index is 0.268. The molecule has 2 aromatic rings. The number of nitrogens with one attached hydrogen (secondary N) is 1. The van der Waals surface area contributed by atoms with E-state index in [-0.39, 0.29) is 5.75 Å². The Morgan fingerprint density at radius 1 is 1.17 bits per heavy atom. The average Bonchev–Trinajstić information content (AvgIpc) is 3.22. The molecule has 3 heterocycles. The third kappa shape index (κ3) is 3.94. The van der Waals surface area contributed by atoms with E-state index in [9.17, 15) is 5.11 Å². The van der Waals surface area contributed by atoms with E-state index < -0.39 is 0 Å². The molecule has 0 amide bonds. The highest BCUT2D eigenvalue weighted by atomic mass is 16.5. The van der Waals surface area contributed by atoms with Crippen LogP contribution in [-0.2, 0) is 4.74 Å². The summed E-state index contributed by atoms with van der Waals surface area (Å²) in [5.41, 5.74) is 4.92. The van der Waals surface area contributed by atoms with Gasteiger partial charge in [0.1, 0.15) is 11.6 Å². The van der Waals surface area contributed by atoms with Crippen molar-refractivity contribution in [1.29, 1.82) is 0 Å². The molecule has 1 atom stereocenters. The predicted octanol–water partition coefficient (Wildman–Crippen LogP) is 4.00. The molecule has 2 N–H and O–H groups in total. The summed E-state index contributed by atoms with van der Waals surface area (Å²) >= 11 is 0. The summed E-state index contributed by atoms with van der Waals surface area (Å²) in [7, 11) is 0. The number of anilines is 1. The van der Waals surface area contributed by atoms with Gasteiger partial charge in [0.25, 0.3) is 0 Å². The van der Waals surface area contributed by atoms with Gasteiger partial charge in [-0.1, -0.05) is 12.1 Å². The maximum atomic E-state index is 10.6. The number of hydrogen-bond acceptors (Lipinski definition) is 6. The summed E-state index contributed by atoms with van der Waals surface area (Å²) in [5.74, 6) is 1.07. The van der Waals surface area contributed by atoms with Crippen molar-refractivity contribution in [2.24, 2.45) is 0 Å². The summed E-state index contributed by atoms with van der Waals surface area (Å²) in [6.45, 7) is 5.93. The molecule has 30 heavy (non-hydrogen) atoms. The Morgan fingerprint density at radius 3 is 2.77 bits per heavy atom. The fraction of sp³-hybridized carbons (Fsp3) is 0.500. The van der Waals surface area contributed by atoms with Gasteiger partial charge in [-0.15, -0.1) is 10.2 Å². The van der Waals surface area contributed by atoms with Crippen LogP contribution in [0.4, 0.5) is 5.82 Å². The number of likely N-dealkylation sites (tertiary alicyclic amines) is 1. The van der Waals surface area contributed by atoms with Crippen LogP contribution in [0.2, 0.25) is 0 Å². The number of ether oxygens (including phenoxy) is 1. The third-order valence-corrected chi connectivity index (χ3v) is 6.59. The highest BCUT2D eigenvalue weighted by Crippen LogP contribution is 2.35. The van der Waals surface area contributed by atoms with Crippen LogP contribution in [0.25, 0.3) is 16.8 Å². The number of aromatic nitrogens is 2. The molecular weight excluding hydrogens is 376 g/mol. The predicted molar refractivity (Wildman–Crippen MR) is 119 cm³/mol. The molecule has 2 saturated heterocycles. The van der Waals surface area contributed by atoms with Crippen molar-refractivity contribution in [2.45, 2.75) is 51.1 Å². The van der Waals surface area contributed by atoms with Crippen molar-refractivity contribution < 1.29 is 9.84 Å². The van der Waals surface area contributed by atoms with Crippen molar-refractivity contribution in [1.82, 2.24) is 15.1 Å². The number of piperidine rings is 1. The van der Waals surface area contributed by atoms with E-state index in [2.05, 4.69) is 32.6 Å². The van der Waals surface area contributed by atoms with Crippen LogP contribution >= 0.6 is 0 Å². The quantitative estimate of drug-likeness (QED) is 0.782. The summed E-state index contributed by atoms with van der Waals surface area (Å²) in [6, 6.07) is 8.91. The first-order valence-electron chi connectivity index (χ1n) is 11.1. The average molecular weight is 407 g/mol. The molecule has 0 saturated carbocycles. The van der Waals surface area contributed by atoms with Gasteiger partial charge in [-0.3, -0.25) is 4.90 Å². The lowest BCUT2D eigenvalue weighted by Crippen LogP contribution is -2.54. The Morgan fingerprint density at radius 2 is 2.07 bits per heavy atom. The molecule has 2 aliphatic heterocycles. The molecule has 2 fully saturated rings. The first-order chi connectivity index (χ1) is 14.7. The summed E-state index contributed by atoms with van der Waals surface area (Å²) in [4.78, 5) is 2.53. The number of rotatable bonds is 5. The largest absolute Gasteiger partial charge is 0.507 e. The molecule has 0 unspecified atom stereocenters. The number of aryl methyl sites for hydroxylation is 1. The van der Waals surface area contributed by atoms with Gasteiger partial charge in [0.15, 0.2) is 0 Å². The smallest absolute Gasteiger partial charge is 0.149 e. The molecule has 6 nitrogen and oxygen atoms in total. The number of phenols is 1. The van der Waals surface area contributed by atoms with Crippen molar-refractivity contribution in [3.05, 3.63) is 41.5 Å². The third-order valence-electron chi connectivity index (χ3n) is 6.59. The monoisotopic (exact) mass is 406 g/mol. The van der Waals surface area contributed by atoms with E-state index >= 15 is 0 Å². The number of allylic oxidation sites excluding steroid dienone is 2. The molecule has 1 aromatic heterocycles. The molecule has 0 spiro atoms. The maximum Gasteiger partial charge on any atom is 0.149 e. The normalized spacial score (nSPS) is 22.6. The Bertz CT molecular complexity index is 954. The van der Waals surface area contributed by atoms with Crippen LogP contribution in [-0.4, -0.2) is 58.6 Å². The van der Waals surface area contributed by atoms with Crippen LogP contribution in [0.3, 0.4) is 0 Å². The highest BCUT2D eigenvalue weighted by molar-refractivity contribution is 5.76.